The number of hydrogen-bond acceptors (Lipinski definition) is 3. The first-order chi connectivity index (χ1) is 7.16. The van der Waals surface area contributed by atoms with E-state index >= 15 is 0 Å². The summed E-state index contributed by atoms with van der Waals surface area (Å²) in [6.45, 7) is 9.09. The van der Waals surface area contributed by atoms with Gasteiger partial charge in [0.1, 0.15) is 0 Å². The second kappa shape index (κ2) is 7.87. The van der Waals surface area contributed by atoms with Crippen LogP contribution in [-0.2, 0) is 9.53 Å². The second-order valence-corrected chi connectivity index (χ2v) is 4.02. The average molecular weight is 251 g/mol. The highest BCUT2D eigenvalue weighted by Crippen LogP contribution is 2.10. The van der Waals surface area contributed by atoms with E-state index in [1.165, 1.54) is 0 Å². The molecule has 1 amide bonds. The molecule has 0 aliphatic carbocycles. The van der Waals surface area contributed by atoms with Gasteiger partial charge in [-0.25, -0.2) is 0 Å². The zero-order chi connectivity index (χ0) is 11.3. The molecule has 16 heavy (non-hydrogen) atoms. The molecule has 96 valence electrons. The van der Waals surface area contributed by atoms with E-state index in [-0.39, 0.29) is 24.4 Å². The Morgan fingerprint density at radius 3 is 2.81 bits per heavy atom. The lowest BCUT2D eigenvalue weighted by Crippen LogP contribution is -2.57. The molecule has 0 bridgehead atoms. The summed E-state index contributed by atoms with van der Waals surface area (Å²) in [6, 6.07) is 0.669. The van der Waals surface area contributed by atoms with E-state index in [1.54, 1.807) is 0 Å². The van der Waals surface area contributed by atoms with Crippen LogP contribution in [0.15, 0.2) is 0 Å². The Kier molecular flexibility index (Phi) is 7.72. The lowest BCUT2D eigenvalue weighted by molar-refractivity contribution is -0.135. The predicted molar refractivity (Wildman–Crippen MR) is 67.0 cm³/mol. The number of amides is 1. The topological polar surface area (TPSA) is 41.6 Å². The Morgan fingerprint density at radius 1 is 1.50 bits per heavy atom. The molecule has 0 radical (unpaired) electrons. The van der Waals surface area contributed by atoms with E-state index in [9.17, 15) is 4.79 Å². The number of halogens is 1. The quantitative estimate of drug-likeness (QED) is 0.759. The standard InChI is InChI=1S/C11H22N2O2.ClH/c1-4-15-8-5-11(14)13-7-6-12-9(2)10(13)3;/h9-10,12H,4-8H2,1-3H3;1H. The van der Waals surface area contributed by atoms with Gasteiger partial charge in [-0.3, -0.25) is 4.79 Å². The van der Waals surface area contributed by atoms with Gasteiger partial charge in [-0.05, 0) is 20.8 Å². The SMILES string of the molecule is CCOCCC(=O)N1CCNC(C)C1C.Cl. The summed E-state index contributed by atoms with van der Waals surface area (Å²) in [4.78, 5) is 13.8. The van der Waals surface area contributed by atoms with Crippen molar-refractivity contribution < 1.29 is 9.53 Å². The van der Waals surface area contributed by atoms with Crippen LogP contribution < -0.4 is 5.32 Å². The van der Waals surface area contributed by atoms with Crippen molar-refractivity contribution in [2.45, 2.75) is 39.3 Å². The van der Waals surface area contributed by atoms with Gasteiger partial charge in [-0.15, -0.1) is 12.4 Å². The Bertz CT molecular complexity index is 214. The fourth-order valence-electron chi connectivity index (χ4n) is 1.86. The molecule has 0 aromatic heterocycles. The molecule has 0 spiro atoms. The van der Waals surface area contributed by atoms with Gasteiger partial charge in [0.2, 0.25) is 5.91 Å². The molecule has 0 saturated carbocycles. The van der Waals surface area contributed by atoms with Crippen LogP contribution in [0, 0.1) is 0 Å². The fraction of sp³-hybridized carbons (Fsp3) is 0.909. The highest BCUT2D eigenvalue weighted by molar-refractivity contribution is 5.85. The van der Waals surface area contributed by atoms with Crippen molar-refractivity contribution in [2.24, 2.45) is 0 Å². The van der Waals surface area contributed by atoms with Crippen molar-refractivity contribution >= 4 is 18.3 Å². The number of nitrogens with one attached hydrogen (secondary N) is 1. The first-order valence-electron chi connectivity index (χ1n) is 5.77. The lowest BCUT2D eigenvalue weighted by Gasteiger charge is -2.38. The number of piperazine rings is 1. The van der Waals surface area contributed by atoms with Crippen molar-refractivity contribution in [1.82, 2.24) is 10.2 Å². The summed E-state index contributed by atoms with van der Waals surface area (Å²) in [6.07, 6.45) is 0.505. The average Bonchev–Trinajstić information content (AvgIpc) is 2.22. The smallest absolute Gasteiger partial charge is 0.225 e. The van der Waals surface area contributed by atoms with E-state index in [2.05, 4.69) is 19.2 Å². The molecule has 1 N–H and O–H groups in total. The first-order valence-corrected chi connectivity index (χ1v) is 5.77. The van der Waals surface area contributed by atoms with Crippen molar-refractivity contribution in [2.75, 3.05) is 26.3 Å². The van der Waals surface area contributed by atoms with Crippen LogP contribution in [0.25, 0.3) is 0 Å². The number of nitrogens with zero attached hydrogens (tertiary/aromatic N) is 1. The predicted octanol–water partition coefficient (Wildman–Crippen LogP) is 1.04. The van der Waals surface area contributed by atoms with Crippen LogP contribution in [0.2, 0.25) is 0 Å². The fourth-order valence-corrected chi connectivity index (χ4v) is 1.86. The summed E-state index contributed by atoms with van der Waals surface area (Å²) >= 11 is 0. The van der Waals surface area contributed by atoms with Crippen molar-refractivity contribution in [3.63, 3.8) is 0 Å². The molecule has 1 aliphatic rings. The molecule has 5 heteroatoms. The zero-order valence-corrected chi connectivity index (χ0v) is 11.2. The molecule has 2 atom stereocenters. The van der Waals surface area contributed by atoms with Crippen LogP contribution >= 0.6 is 12.4 Å². The third kappa shape index (κ3) is 4.28. The molecule has 1 heterocycles. The minimum absolute atomic E-state index is 0. The van der Waals surface area contributed by atoms with Gasteiger partial charge in [-0.2, -0.15) is 0 Å². The molecule has 1 saturated heterocycles. The van der Waals surface area contributed by atoms with Gasteiger partial charge in [0.25, 0.3) is 0 Å². The Labute approximate surface area is 104 Å². The monoisotopic (exact) mass is 250 g/mol. The number of ether oxygens (including phenoxy) is 1. The summed E-state index contributed by atoms with van der Waals surface area (Å²) in [7, 11) is 0. The first kappa shape index (κ1) is 15.7. The number of carbonyl (C=O) groups is 1. The van der Waals surface area contributed by atoms with Crippen LogP contribution in [0.5, 0.6) is 0 Å². The van der Waals surface area contributed by atoms with Gasteiger partial charge in [0, 0.05) is 31.8 Å². The molecule has 1 fully saturated rings. The molecular weight excluding hydrogens is 228 g/mol. The third-order valence-corrected chi connectivity index (χ3v) is 3.02. The molecular formula is C11H23ClN2O2. The van der Waals surface area contributed by atoms with Gasteiger partial charge in [0.15, 0.2) is 0 Å². The normalized spacial score (nSPS) is 25.1. The van der Waals surface area contributed by atoms with E-state index < -0.39 is 0 Å². The minimum Gasteiger partial charge on any atom is -0.381 e. The molecule has 0 aromatic carbocycles. The Hall–Kier alpha value is -0.320. The van der Waals surface area contributed by atoms with Crippen LogP contribution in [0.4, 0.5) is 0 Å². The molecule has 4 nitrogen and oxygen atoms in total. The third-order valence-electron chi connectivity index (χ3n) is 3.02. The maximum absolute atomic E-state index is 11.8. The van der Waals surface area contributed by atoms with E-state index in [4.69, 9.17) is 4.74 Å². The highest BCUT2D eigenvalue weighted by atomic mass is 35.5. The molecule has 1 aliphatic heterocycles. The Morgan fingerprint density at radius 2 is 2.19 bits per heavy atom. The summed E-state index contributed by atoms with van der Waals surface area (Å²) < 4.78 is 5.19. The number of rotatable bonds is 4. The zero-order valence-electron chi connectivity index (χ0n) is 10.4. The van der Waals surface area contributed by atoms with Gasteiger partial charge in [0.05, 0.1) is 13.0 Å². The van der Waals surface area contributed by atoms with Crippen LogP contribution in [-0.4, -0.2) is 49.2 Å². The number of carbonyl (C=O) groups excluding carboxylic acids is 1. The van der Waals surface area contributed by atoms with Crippen molar-refractivity contribution in [3.05, 3.63) is 0 Å². The van der Waals surface area contributed by atoms with Gasteiger partial charge in [-0.1, -0.05) is 0 Å². The maximum atomic E-state index is 11.8. The van der Waals surface area contributed by atoms with Gasteiger partial charge >= 0.3 is 0 Å². The van der Waals surface area contributed by atoms with E-state index in [0.717, 1.165) is 13.1 Å². The van der Waals surface area contributed by atoms with Gasteiger partial charge < -0.3 is 15.0 Å². The van der Waals surface area contributed by atoms with Crippen LogP contribution in [0.3, 0.4) is 0 Å². The van der Waals surface area contributed by atoms with E-state index in [0.29, 0.717) is 25.7 Å². The number of hydrogen-bond donors (Lipinski definition) is 1. The highest BCUT2D eigenvalue weighted by Gasteiger charge is 2.27. The molecule has 0 aromatic rings. The Balaban J connectivity index is 0.00000225. The lowest BCUT2D eigenvalue weighted by atomic mass is 10.1. The summed E-state index contributed by atoms with van der Waals surface area (Å²) in [5.74, 6) is 0.212. The molecule has 1 rings (SSSR count). The van der Waals surface area contributed by atoms with E-state index in [1.807, 2.05) is 11.8 Å². The largest absolute Gasteiger partial charge is 0.381 e. The summed E-state index contributed by atoms with van der Waals surface area (Å²) in [5.41, 5.74) is 0. The minimum atomic E-state index is 0. The summed E-state index contributed by atoms with van der Waals surface area (Å²) in [5, 5.41) is 3.36. The maximum Gasteiger partial charge on any atom is 0.225 e. The second-order valence-electron chi connectivity index (χ2n) is 4.02. The van der Waals surface area contributed by atoms with Crippen molar-refractivity contribution in [1.29, 1.82) is 0 Å². The van der Waals surface area contributed by atoms with Crippen molar-refractivity contribution in [3.8, 4) is 0 Å². The van der Waals surface area contributed by atoms with Crippen LogP contribution in [0.1, 0.15) is 27.2 Å². The molecule has 2 unspecified atom stereocenters.